The van der Waals surface area contributed by atoms with E-state index in [1.807, 2.05) is 0 Å². The third kappa shape index (κ3) is 3.38. The van der Waals surface area contributed by atoms with E-state index in [2.05, 4.69) is 18.7 Å². The Bertz CT molecular complexity index is 329. The Morgan fingerprint density at radius 1 is 1.38 bits per heavy atom. The molecule has 0 atom stereocenters. The summed E-state index contributed by atoms with van der Waals surface area (Å²) in [4.78, 5) is 13.6. The molecule has 0 radical (unpaired) electrons. The molecule has 0 N–H and O–H groups in total. The van der Waals surface area contributed by atoms with E-state index in [0.29, 0.717) is 12.2 Å². The van der Waals surface area contributed by atoms with Crippen molar-refractivity contribution in [3.8, 4) is 0 Å². The third-order valence-corrected chi connectivity index (χ3v) is 2.44. The Kier molecular flexibility index (Phi) is 5.05. The molecular weight excluding hydrogens is 206 g/mol. The number of rotatable bonds is 6. The van der Waals surface area contributed by atoms with E-state index in [4.69, 9.17) is 9.15 Å². The van der Waals surface area contributed by atoms with Gasteiger partial charge in [-0.1, -0.05) is 13.8 Å². The topological polar surface area (TPSA) is 42.7 Å². The highest BCUT2D eigenvalue weighted by Gasteiger charge is 2.12. The zero-order valence-corrected chi connectivity index (χ0v) is 10.2. The van der Waals surface area contributed by atoms with Crippen molar-refractivity contribution in [1.29, 1.82) is 0 Å². The van der Waals surface area contributed by atoms with Gasteiger partial charge in [-0.05, 0) is 26.1 Å². The molecule has 0 aromatic carbocycles. The molecule has 90 valence electrons. The molecular formula is C12H19NO3. The van der Waals surface area contributed by atoms with Gasteiger partial charge < -0.3 is 9.15 Å². The molecule has 0 aliphatic heterocycles. The average molecular weight is 225 g/mol. The van der Waals surface area contributed by atoms with E-state index < -0.39 is 0 Å². The first-order valence-electron chi connectivity index (χ1n) is 5.68. The van der Waals surface area contributed by atoms with Gasteiger partial charge in [-0.3, -0.25) is 4.90 Å². The van der Waals surface area contributed by atoms with Crippen molar-refractivity contribution in [1.82, 2.24) is 4.90 Å². The van der Waals surface area contributed by atoms with Gasteiger partial charge in [0, 0.05) is 0 Å². The molecule has 0 saturated heterocycles. The van der Waals surface area contributed by atoms with Crippen LogP contribution in [0.25, 0.3) is 0 Å². The van der Waals surface area contributed by atoms with Gasteiger partial charge in [0.05, 0.1) is 18.7 Å². The summed E-state index contributed by atoms with van der Waals surface area (Å²) < 4.78 is 10.2. The Labute approximate surface area is 96.2 Å². The number of esters is 1. The van der Waals surface area contributed by atoms with Gasteiger partial charge in [-0.2, -0.15) is 0 Å². The summed E-state index contributed by atoms with van der Waals surface area (Å²) >= 11 is 0. The van der Waals surface area contributed by atoms with Crippen LogP contribution in [0.4, 0.5) is 0 Å². The lowest BCUT2D eigenvalue weighted by atomic mass is 10.3. The fourth-order valence-electron chi connectivity index (χ4n) is 1.45. The smallest absolute Gasteiger partial charge is 0.341 e. The number of hydrogen-bond donors (Lipinski definition) is 0. The van der Waals surface area contributed by atoms with Crippen molar-refractivity contribution in [3.63, 3.8) is 0 Å². The number of nitrogens with zero attached hydrogens (tertiary/aromatic N) is 1. The maximum atomic E-state index is 11.4. The number of hydrogen-bond acceptors (Lipinski definition) is 4. The van der Waals surface area contributed by atoms with E-state index in [1.165, 1.54) is 6.26 Å². The van der Waals surface area contributed by atoms with Crippen LogP contribution in [0.3, 0.4) is 0 Å². The highest BCUT2D eigenvalue weighted by Crippen LogP contribution is 2.11. The lowest BCUT2D eigenvalue weighted by Gasteiger charge is -2.15. The molecule has 0 aliphatic carbocycles. The summed E-state index contributed by atoms with van der Waals surface area (Å²) in [5, 5.41) is 0. The second-order valence-electron chi connectivity index (χ2n) is 3.48. The molecule has 1 heterocycles. The number of ether oxygens (including phenoxy) is 1. The zero-order valence-electron chi connectivity index (χ0n) is 10.2. The van der Waals surface area contributed by atoms with Gasteiger partial charge in [0.15, 0.2) is 0 Å². The SMILES string of the molecule is CCOC(=O)c1coc(CN(CC)CC)c1. The minimum absolute atomic E-state index is 0.322. The molecule has 4 heteroatoms. The normalized spacial score (nSPS) is 10.8. The average Bonchev–Trinajstić information content (AvgIpc) is 2.74. The first-order chi connectivity index (χ1) is 7.71. The van der Waals surface area contributed by atoms with E-state index in [-0.39, 0.29) is 5.97 Å². The molecule has 4 nitrogen and oxygen atoms in total. The number of carbonyl (C=O) groups excluding carboxylic acids is 1. The summed E-state index contributed by atoms with van der Waals surface area (Å²) in [5.41, 5.74) is 0.490. The van der Waals surface area contributed by atoms with Gasteiger partial charge in [-0.25, -0.2) is 4.79 Å². The van der Waals surface area contributed by atoms with Crippen LogP contribution in [0, 0.1) is 0 Å². The molecule has 1 rings (SSSR count). The monoisotopic (exact) mass is 225 g/mol. The Morgan fingerprint density at radius 3 is 2.62 bits per heavy atom. The largest absolute Gasteiger partial charge is 0.467 e. The summed E-state index contributed by atoms with van der Waals surface area (Å²) in [6, 6.07) is 1.75. The van der Waals surface area contributed by atoms with Crippen LogP contribution >= 0.6 is 0 Å². The van der Waals surface area contributed by atoms with E-state index >= 15 is 0 Å². The first-order valence-corrected chi connectivity index (χ1v) is 5.68. The van der Waals surface area contributed by atoms with E-state index in [9.17, 15) is 4.79 Å². The van der Waals surface area contributed by atoms with Crippen molar-refractivity contribution in [3.05, 3.63) is 23.7 Å². The molecule has 1 aromatic heterocycles. The first kappa shape index (κ1) is 12.8. The van der Waals surface area contributed by atoms with Crippen molar-refractivity contribution in [2.45, 2.75) is 27.3 Å². The van der Waals surface area contributed by atoms with Crippen LogP contribution in [0.2, 0.25) is 0 Å². The van der Waals surface area contributed by atoms with Gasteiger partial charge in [0.2, 0.25) is 0 Å². The van der Waals surface area contributed by atoms with Crippen molar-refractivity contribution >= 4 is 5.97 Å². The molecule has 0 saturated carbocycles. The number of furan rings is 1. The van der Waals surface area contributed by atoms with Crippen molar-refractivity contribution in [2.24, 2.45) is 0 Å². The zero-order chi connectivity index (χ0) is 12.0. The van der Waals surface area contributed by atoms with Crippen molar-refractivity contribution in [2.75, 3.05) is 19.7 Å². The highest BCUT2D eigenvalue weighted by molar-refractivity contribution is 5.89. The lowest BCUT2D eigenvalue weighted by Crippen LogP contribution is -2.21. The maximum absolute atomic E-state index is 11.4. The summed E-state index contributed by atoms with van der Waals surface area (Å²) in [6.07, 6.45) is 1.46. The summed E-state index contributed by atoms with van der Waals surface area (Å²) in [6.45, 7) is 9.02. The van der Waals surface area contributed by atoms with Gasteiger partial charge in [-0.15, -0.1) is 0 Å². The van der Waals surface area contributed by atoms with Crippen LogP contribution < -0.4 is 0 Å². The van der Waals surface area contributed by atoms with Gasteiger partial charge in [0.1, 0.15) is 12.0 Å². The highest BCUT2D eigenvalue weighted by atomic mass is 16.5. The standard InChI is InChI=1S/C12H19NO3/c1-4-13(5-2)8-11-7-10(9-16-11)12(14)15-6-3/h7,9H,4-6,8H2,1-3H3. The molecule has 0 bridgehead atoms. The Hall–Kier alpha value is -1.29. The fraction of sp³-hybridized carbons (Fsp3) is 0.583. The summed E-state index contributed by atoms with van der Waals surface area (Å²) in [5.74, 6) is 0.476. The minimum Gasteiger partial charge on any atom is -0.467 e. The molecule has 0 fully saturated rings. The number of carbonyl (C=O) groups is 1. The second-order valence-corrected chi connectivity index (χ2v) is 3.48. The van der Waals surface area contributed by atoms with Crippen molar-refractivity contribution < 1.29 is 13.9 Å². The van der Waals surface area contributed by atoms with Crippen LogP contribution in [0.5, 0.6) is 0 Å². The Balaban J connectivity index is 2.60. The lowest BCUT2D eigenvalue weighted by molar-refractivity contribution is 0.0525. The molecule has 1 aromatic rings. The van der Waals surface area contributed by atoms with Crippen LogP contribution in [0.1, 0.15) is 36.9 Å². The van der Waals surface area contributed by atoms with Crippen LogP contribution in [0.15, 0.2) is 16.7 Å². The molecule has 16 heavy (non-hydrogen) atoms. The molecule has 0 unspecified atom stereocenters. The fourth-order valence-corrected chi connectivity index (χ4v) is 1.45. The maximum Gasteiger partial charge on any atom is 0.341 e. The minimum atomic E-state index is -0.322. The van der Waals surface area contributed by atoms with Gasteiger partial charge in [0.25, 0.3) is 0 Å². The van der Waals surface area contributed by atoms with Crippen LogP contribution in [-0.4, -0.2) is 30.6 Å². The summed E-state index contributed by atoms with van der Waals surface area (Å²) in [7, 11) is 0. The molecule has 0 amide bonds. The molecule has 0 aliphatic rings. The Morgan fingerprint density at radius 2 is 2.06 bits per heavy atom. The molecule has 0 spiro atoms. The van der Waals surface area contributed by atoms with E-state index in [1.54, 1.807) is 13.0 Å². The predicted octanol–water partition coefficient (Wildman–Crippen LogP) is 2.30. The second kappa shape index (κ2) is 6.33. The third-order valence-electron chi connectivity index (χ3n) is 2.44. The predicted molar refractivity (Wildman–Crippen MR) is 61.3 cm³/mol. The van der Waals surface area contributed by atoms with Crippen LogP contribution in [-0.2, 0) is 11.3 Å². The van der Waals surface area contributed by atoms with E-state index in [0.717, 1.165) is 25.4 Å². The van der Waals surface area contributed by atoms with Gasteiger partial charge >= 0.3 is 5.97 Å². The quantitative estimate of drug-likeness (QED) is 0.697.